The standard InChI is InChI=1S/C19H15ClN4O4S.Na/c20-14-6-11-18(25)17(12-14)22-24-19(13-4-2-1-3-5-13)23-21-15-7-9-16(10-8-15)29(26,27)28;/h1-12,21,25H,(H,26,27,28);/q;+1/p-1/b23-19+,24-22?;. The van der Waals surface area contributed by atoms with Crippen molar-refractivity contribution in [1.82, 2.24) is 0 Å². The monoisotopic (exact) mass is 452 g/mol. The molecule has 0 amide bonds. The van der Waals surface area contributed by atoms with E-state index < -0.39 is 10.1 Å². The average molecular weight is 453 g/mol. The van der Waals surface area contributed by atoms with Crippen LogP contribution in [0.4, 0.5) is 11.4 Å². The van der Waals surface area contributed by atoms with Gasteiger partial charge in [0.1, 0.15) is 0 Å². The molecule has 0 aliphatic carbocycles. The molecular weight excluding hydrogens is 439 g/mol. The van der Waals surface area contributed by atoms with Crippen LogP contribution in [0.5, 0.6) is 5.75 Å². The summed E-state index contributed by atoms with van der Waals surface area (Å²) >= 11 is 5.89. The predicted molar refractivity (Wildman–Crippen MR) is 108 cm³/mol. The Morgan fingerprint density at radius 1 is 1.00 bits per heavy atom. The summed E-state index contributed by atoms with van der Waals surface area (Å²) in [4.78, 5) is -0.237. The fraction of sp³-hybridized carbons (Fsp3) is 0. The maximum Gasteiger partial charge on any atom is 1.00 e. The van der Waals surface area contributed by atoms with Gasteiger partial charge in [-0.2, -0.15) is 13.5 Å². The summed E-state index contributed by atoms with van der Waals surface area (Å²) in [6, 6.07) is 18.4. The molecule has 30 heavy (non-hydrogen) atoms. The van der Waals surface area contributed by atoms with Crippen LogP contribution in [0, 0.1) is 0 Å². The average Bonchev–Trinajstić information content (AvgIpc) is 2.71. The Morgan fingerprint density at radius 2 is 1.67 bits per heavy atom. The van der Waals surface area contributed by atoms with E-state index in [1.54, 1.807) is 24.3 Å². The number of benzene rings is 3. The summed E-state index contributed by atoms with van der Waals surface area (Å²) in [6.45, 7) is 0. The first kappa shape index (κ1) is 24.0. The molecule has 0 spiro atoms. The zero-order valence-electron chi connectivity index (χ0n) is 15.7. The number of hydrogen-bond acceptors (Lipinski definition) is 6. The third kappa shape index (κ3) is 6.63. The van der Waals surface area contributed by atoms with Crippen LogP contribution in [0.1, 0.15) is 5.56 Å². The van der Waals surface area contributed by atoms with Crippen molar-refractivity contribution in [2.24, 2.45) is 15.3 Å². The van der Waals surface area contributed by atoms with Crippen molar-refractivity contribution in [2.75, 3.05) is 5.43 Å². The van der Waals surface area contributed by atoms with Crippen LogP contribution in [0.15, 0.2) is 93.0 Å². The molecule has 3 aromatic rings. The molecule has 0 unspecified atom stereocenters. The number of halogens is 1. The normalized spacial score (nSPS) is 11.9. The first-order chi connectivity index (χ1) is 13.8. The summed E-state index contributed by atoms with van der Waals surface area (Å²) in [5.41, 5.74) is 3.89. The van der Waals surface area contributed by atoms with Crippen LogP contribution >= 0.6 is 11.6 Å². The van der Waals surface area contributed by atoms with Gasteiger partial charge in [0, 0.05) is 10.6 Å². The van der Waals surface area contributed by atoms with Gasteiger partial charge in [0.25, 0.3) is 10.1 Å². The fourth-order valence-corrected chi connectivity index (χ4v) is 2.87. The van der Waals surface area contributed by atoms with Crippen LogP contribution in [0.25, 0.3) is 0 Å². The molecule has 0 saturated heterocycles. The van der Waals surface area contributed by atoms with Crippen LogP contribution in [0.2, 0.25) is 5.02 Å². The number of rotatable bonds is 5. The van der Waals surface area contributed by atoms with E-state index in [1.165, 1.54) is 42.5 Å². The minimum atomic E-state index is -4.28. The Hall–Kier alpha value is -2.27. The molecule has 2 N–H and O–H groups in total. The minimum Gasteiger partial charge on any atom is -0.871 e. The Morgan fingerprint density at radius 3 is 2.30 bits per heavy atom. The largest absolute Gasteiger partial charge is 1.00 e. The van der Waals surface area contributed by atoms with E-state index in [0.29, 0.717) is 16.3 Å². The second-order valence-electron chi connectivity index (χ2n) is 5.72. The van der Waals surface area contributed by atoms with Gasteiger partial charge in [-0.05, 0) is 36.4 Å². The van der Waals surface area contributed by atoms with Gasteiger partial charge in [0.15, 0.2) is 0 Å². The zero-order chi connectivity index (χ0) is 20.9. The molecule has 0 bridgehead atoms. The molecular formula is C19H14ClN4NaO4S. The van der Waals surface area contributed by atoms with E-state index in [2.05, 4.69) is 20.8 Å². The van der Waals surface area contributed by atoms with Gasteiger partial charge >= 0.3 is 29.6 Å². The Balaban J connectivity index is 0.00000320. The van der Waals surface area contributed by atoms with Gasteiger partial charge < -0.3 is 5.11 Å². The molecule has 3 rings (SSSR count). The second-order valence-corrected chi connectivity index (χ2v) is 7.58. The van der Waals surface area contributed by atoms with Crippen molar-refractivity contribution in [2.45, 2.75) is 4.90 Å². The van der Waals surface area contributed by atoms with Crippen molar-refractivity contribution in [3.05, 3.63) is 83.4 Å². The number of nitrogens with one attached hydrogen (secondary N) is 1. The van der Waals surface area contributed by atoms with E-state index in [0.717, 1.165) is 0 Å². The van der Waals surface area contributed by atoms with Gasteiger partial charge in [0.2, 0.25) is 5.84 Å². The van der Waals surface area contributed by atoms with Crippen molar-refractivity contribution in [1.29, 1.82) is 0 Å². The molecule has 3 aromatic carbocycles. The van der Waals surface area contributed by atoms with Gasteiger partial charge in [-0.25, -0.2) is 0 Å². The van der Waals surface area contributed by atoms with E-state index in [4.69, 9.17) is 16.2 Å². The molecule has 0 aromatic heterocycles. The van der Waals surface area contributed by atoms with Crippen LogP contribution < -0.4 is 40.1 Å². The third-order valence-corrected chi connectivity index (χ3v) is 4.75. The second kappa shape index (κ2) is 10.7. The Bertz CT molecular complexity index is 1170. The maximum absolute atomic E-state index is 11.9. The molecule has 0 radical (unpaired) electrons. The van der Waals surface area contributed by atoms with Gasteiger partial charge in [-0.15, -0.1) is 10.2 Å². The van der Waals surface area contributed by atoms with Crippen LogP contribution in [0.3, 0.4) is 0 Å². The van der Waals surface area contributed by atoms with Crippen molar-refractivity contribution < 1.29 is 47.6 Å². The SMILES string of the molecule is O=S(=O)(O)c1ccc(N/N=C(/N=Nc2cc(Cl)ccc2[O-])c2ccccc2)cc1.[Na+]. The summed E-state index contributed by atoms with van der Waals surface area (Å²) in [6.07, 6.45) is 0. The number of azo groups is 1. The topological polar surface area (TPSA) is 127 Å². The summed E-state index contributed by atoms with van der Waals surface area (Å²) in [5.74, 6) is -0.150. The number of anilines is 1. The van der Waals surface area contributed by atoms with Crippen LogP contribution in [-0.4, -0.2) is 18.8 Å². The third-order valence-electron chi connectivity index (χ3n) is 3.65. The van der Waals surface area contributed by atoms with Crippen molar-refractivity contribution >= 4 is 38.9 Å². The van der Waals surface area contributed by atoms with E-state index in [9.17, 15) is 13.5 Å². The van der Waals surface area contributed by atoms with Crippen LogP contribution in [-0.2, 0) is 10.1 Å². The first-order valence-corrected chi connectivity index (χ1v) is 10.00. The van der Waals surface area contributed by atoms with Gasteiger partial charge in [0.05, 0.1) is 16.3 Å². The summed E-state index contributed by atoms with van der Waals surface area (Å²) in [5, 5.41) is 24.4. The minimum absolute atomic E-state index is 0. The smallest absolute Gasteiger partial charge is 0.871 e. The summed E-state index contributed by atoms with van der Waals surface area (Å²) < 4.78 is 31.3. The molecule has 148 valence electrons. The van der Waals surface area contributed by atoms with E-state index >= 15 is 0 Å². The first-order valence-electron chi connectivity index (χ1n) is 8.18. The molecule has 11 heteroatoms. The number of nitrogens with zero attached hydrogens (tertiary/aromatic N) is 3. The molecule has 0 atom stereocenters. The van der Waals surface area contributed by atoms with Crippen molar-refractivity contribution in [3.8, 4) is 5.75 Å². The van der Waals surface area contributed by atoms with Crippen molar-refractivity contribution in [3.63, 3.8) is 0 Å². The number of hydrazone groups is 1. The molecule has 0 saturated carbocycles. The predicted octanol–water partition coefficient (Wildman–Crippen LogP) is 1.22. The molecule has 0 heterocycles. The molecule has 0 fully saturated rings. The molecule has 0 aliphatic heterocycles. The zero-order valence-corrected chi connectivity index (χ0v) is 19.3. The van der Waals surface area contributed by atoms with Gasteiger partial charge in [-0.1, -0.05) is 53.7 Å². The molecule has 0 aliphatic rings. The number of hydrogen-bond donors (Lipinski definition) is 2. The summed E-state index contributed by atoms with van der Waals surface area (Å²) in [7, 11) is -4.28. The maximum atomic E-state index is 11.9. The van der Waals surface area contributed by atoms with Gasteiger partial charge in [-0.3, -0.25) is 9.98 Å². The molecule has 8 nitrogen and oxygen atoms in total. The Labute approximate surface area is 200 Å². The fourth-order valence-electron chi connectivity index (χ4n) is 2.22. The number of amidine groups is 1. The quantitative estimate of drug-likeness (QED) is 0.150. The van der Waals surface area contributed by atoms with E-state index in [1.807, 2.05) is 6.07 Å². The van der Waals surface area contributed by atoms with E-state index in [-0.39, 0.29) is 51.7 Å². The Kier molecular flexibility index (Phi) is 8.54.